The predicted octanol–water partition coefficient (Wildman–Crippen LogP) is 2.04. The molecule has 1 aromatic carbocycles. The van der Waals surface area contributed by atoms with Crippen LogP contribution in [0.2, 0.25) is 0 Å². The summed E-state index contributed by atoms with van der Waals surface area (Å²) in [6, 6.07) is 4.26. The monoisotopic (exact) mass is 437 g/mol. The fourth-order valence-electron chi connectivity index (χ4n) is 3.93. The minimum atomic E-state index is -2.19. The fraction of sp³-hybridized carbons (Fsp3) is 0.571. The van der Waals surface area contributed by atoms with E-state index in [9.17, 15) is 18.8 Å². The minimum Gasteiger partial charge on any atom is -0.486 e. The number of ether oxygens (including phenoxy) is 2. The van der Waals surface area contributed by atoms with Gasteiger partial charge in [-0.15, -0.1) is 0 Å². The average Bonchev–Trinajstić information content (AvgIpc) is 3.28. The molecular weight excluding hydrogens is 409 g/mol. The lowest BCUT2D eigenvalue weighted by Gasteiger charge is -2.29. The standard InChI is InChI=1S/C21H28FN3O6/c1-2-3-5-14(18(22)20(27)24-29)21(28)25-9-4-6-15(25)19(26)23-13-7-8-16-17(12-13)31-11-10-30-16/h7-8,12,14-15,18,29H,2-6,9-11H2,1H3,(H,23,26)(H,24,27)/t14-,15?,18+/m1/s1. The van der Waals surface area contributed by atoms with Crippen molar-refractivity contribution >= 4 is 23.4 Å². The Morgan fingerprint density at radius 1 is 1.26 bits per heavy atom. The first kappa shape index (κ1) is 22.8. The molecule has 2 aliphatic heterocycles. The number of rotatable bonds is 8. The van der Waals surface area contributed by atoms with Gasteiger partial charge < -0.3 is 19.7 Å². The number of alkyl halides is 1. The van der Waals surface area contributed by atoms with Crippen molar-refractivity contribution in [2.45, 2.75) is 51.2 Å². The van der Waals surface area contributed by atoms with E-state index in [0.717, 1.165) is 0 Å². The van der Waals surface area contributed by atoms with Gasteiger partial charge in [-0.2, -0.15) is 0 Å². The highest BCUT2D eigenvalue weighted by atomic mass is 19.1. The number of nitrogens with zero attached hydrogens (tertiary/aromatic N) is 1. The molecule has 0 aliphatic carbocycles. The molecule has 3 amide bonds. The second kappa shape index (κ2) is 10.4. The van der Waals surface area contributed by atoms with Crippen LogP contribution >= 0.6 is 0 Å². The van der Waals surface area contributed by atoms with Crippen LogP contribution in [0.3, 0.4) is 0 Å². The number of hydroxylamine groups is 1. The molecule has 1 unspecified atom stereocenters. The van der Waals surface area contributed by atoms with Crippen molar-refractivity contribution in [2.75, 3.05) is 25.1 Å². The molecule has 0 saturated carbocycles. The number of nitrogens with one attached hydrogen (secondary N) is 2. The van der Waals surface area contributed by atoms with Gasteiger partial charge in [0.15, 0.2) is 17.7 Å². The molecule has 1 aromatic rings. The number of hydrogen-bond donors (Lipinski definition) is 3. The zero-order valence-corrected chi connectivity index (χ0v) is 17.4. The first-order valence-electron chi connectivity index (χ1n) is 10.5. The van der Waals surface area contributed by atoms with E-state index in [2.05, 4.69) is 5.32 Å². The number of amides is 3. The van der Waals surface area contributed by atoms with Crippen molar-refractivity contribution in [3.8, 4) is 11.5 Å². The van der Waals surface area contributed by atoms with E-state index in [-0.39, 0.29) is 6.42 Å². The van der Waals surface area contributed by atoms with E-state index in [1.807, 2.05) is 6.92 Å². The summed E-state index contributed by atoms with van der Waals surface area (Å²) in [5.74, 6) is -2.38. The summed E-state index contributed by atoms with van der Waals surface area (Å²) in [5.41, 5.74) is 1.77. The van der Waals surface area contributed by atoms with Gasteiger partial charge >= 0.3 is 0 Å². The lowest BCUT2D eigenvalue weighted by atomic mass is 9.94. The van der Waals surface area contributed by atoms with Gasteiger partial charge in [-0.25, -0.2) is 9.87 Å². The summed E-state index contributed by atoms with van der Waals surface area (Å²) in [6.45, 7) is 3.07. The number of likely N-dealkylation sites (tertiary alicyclic amines) is 1. The maximum absolute atomic E-state index is 14.6. The molecule has 3 rings (SSSR count). The SMILES string of the molecule is CCCC[C@@H](C(=O)N1CCCC1C(=O)Nc1ccc2c(c1)OCCO2)[C@H](F)C(=O)NO. The maximum atomic E-state index is 14.6. The maximum Gasteiger partial charge on any atom is 0.278 e. The molecule has 1 saturated heterocycles. The highest BCUT2D eigenvalue weighted by molar-refractivity contribution is 5.98. The first-order chi connectivity index (χ1) is 15.0. The predicted molar refractivity (Wildman–Crippen MR) is 109 cm³/mol. The second-order valence-corrected chi connectivity index (χ2v) is 7.66. The van der Waals surface area contributed by atoms with Gasteiger partial charge in [0.2, 0.25) is 11.8 Å². The highest BCUT2D eigenvalue weighted by Gasteiger charge is 2.41. The van der Waals surface area contributed by atoms with Crippen LogP contribution in [0, 0.1) is 5.92 Å². The topological polar surface area (TPSA) is 117 Å². The number of fused-ring (bicyclic) bond motifs is 1. The summed E-state index contributed by atoms with van der Waals surface area (Å²) >= 11 is 0. The molecule has 10 heteroatoms. The van der Waals surface area contributed by atoms with Crippen LogP contribution in [0.5, 0.6) is 11.5 Å². The van der Waals surface area contributed by atoms with E-state index >= 15 is 0 Å². The molecule has 0 radical (unpaired) electrons. The van der Waals surface area contributed by atoms with Gasteiger partial charge in [-0.05, 0) is 31.4 Å². The highest BCUT2D eigenvalue weighted by Crippen LogP contribution is 2.33. The van der Waals surface area contributed by atoms with Gasteiger partial charge in [0, 0.05) is 18.3 Å². The smallest absolute Gasteiger partial charge is 0.278 e. The van der Waals surface area contributed by atoms with Crippen LogP contribution in [0.4, 0.5) is 10.1 Å². The number of benzene rings is 1. The fourth-order valence-corrected chi connectivity index (χ4v) is 3.93. The summed E-state index contributed by atoms with van der Waals surface area (Å²) in [5, 5.41) is 11.6. The zero-order chi connectivity index (χ0) is 22.4. The number of unbranched alkanes of at least 4 members (excludes halogenated alkanes) is 1. The van der Waals surface area contributed by atoms with Gasteiger partial charge in [0.05, 0.1) is 5.92 Å². The molecule has 0 spiro atoms. The molecule has 3 N–H and O–H groups in total. The summed E-state index contributed by atoms with van der Waals surface area (Å²) in [4.78, 5) is 38.9. The van der Waals surface area contributed by atoms with Crippen molar-refractivity contribution < 1.29 is 33.5 Å². The third-order valence-electron chi connectivity index (χ3n) is 5.55. The van der Waals surface area contributed by atoms with E-state index in [1.165, 1.54) is 10.4 Å². The van der Waals surface area contributed by atoms with Gasteiger partial charge in [0.1, 0.15) is 19.3 Å². The molecule has 2 aliphatic rings. The largest absolute Gasteiger partial charge is 0.486 e. The minimum absolute atomic E-state index is 0.150. The Bertz CT molecular complexity index is 820. The molecule has 1 fully saturated rings. The quantitative estimate of drug-likeness (QED) is 0.423. The van der Waals surface area contributed by atoms with E-state index in [1.54, 1.807) is 18.2 Å². The van der Waals surface area contributed by atoms with Crippen molar-refractivity contribution in [1.82, 2.24) is 10.4 Å². The average molecular weight is 437 g/mol. The van der Waals surface area contributed by atoms with Crippen molar-refractivity contribution in [2.24, 2.45) is 5.92 Å². The van der Waals surface area contributed by atoms with Crippen LogP contribution < -0.4 is 20.3 Å². The van der Waals surface area contributed by atoms with Crippen molar-refractivity contribution in [3.63, 3.8) is 0 Å². The van der Waals surface area contributed by atoms with Crippen molar-refractivity contribution in [3.05, 3.63) is 18.2 Å². The zero-order valence-electron chi connectivity index (χ0n) is 17.4. The van der Waals surface area contributed by atoms with Gasteiger partial charge in [-0.1, -0.05) is 19.8 Å². The van der Waals surface area contributed by atoms with Crippen LogP contribution in [0.15, 0.2) is 18.2 Å². The number of anilines is 1. The van der Waals surface area contributed by atoms with Gasteiger partial charge in [0.25, 0.3) is 5.91 Å². The molecule has 31 heavy (non-hydrogen) atoms. The third kappa shape index (κ3) is 5.25. The Labute approximate surface area is 179 Å². The molecule has 170 valence electrons. The Hall–Kier alpha value is -2.88. The molecule has 9 nitrogen and oxygen atoms in total. The van der Waals surface area contributed by atoms with Crippen LogP contribution in [-0.2, 0) is 14.4 Å². The Morgan fingerprint density at radius 3 is 2.71 bits per heavy atom. The molecule has 2 heterocycles. The van der Waals surface area contributed by atoms with Crippen LogP contribution in [0.25, 0.3) is 0 Å². The Balaban J connectivity index is 1.71. The Kier molecular flexibility index (Phi) is 7.67. The Morgan fingerprint density at radius 2 is 2.00 bits per heavy atom. The normalized spacial score (nSPS) is 19.5. The molecule has 0 aromatic heterocycles. The van der Waals surface area contributed by atoms with E-state index < -0.39 is 35.9 Å². The van der Waals surface area contributed by atoms with Crippen LogP contribution in [-0.4, -0.2) is 59.8 Å². The van der Waals surface area contributed by atoms with Crippen LogP contribution in [0.1, 0.15) is 39.0 Å². The van der Waals surface area contributed by atoms with Gasteiger partial charge in [-0.3, -0.25) is 19.6 Å². The molecular formula is C21H28FN3O6. The number of carbonyl (C=O) groups excluding carboxylic acids is 3. The summed E-state index contributed by atoms with van der Waals surface area (Å²) in [7, 11) is 0. The number of hydrogen-bond acceptors (Lipinski definition) is 6. The second-order valence-electron chi connectivity index (χ2n) is 7.66. The number of carbonyl (C=O) groups is 3. The van der Waals surface area contributed by atoms with E-state index in [4.69, 9.17) is 14.7 Å². The summed E-state index contributed by atoms with van der Waals surface area (Å²) < 4.78 is 25.6. The van der Waals surface area contributed by atoms with Crippen molar-refractivity contribution in [1.29, 1.82) is 0 Å². The number of halogens is 1. The lowest BCUT2D eigenvalue weighted by Crippen LogP contribution is -2.49. The molecule has 3 atom stereocenters. The summed E-state index contributed by atoms with van der Waals surface area (Å²) in [6.07, 6.45) is 0.242. The van der Waals surface area contributed by atoms with E-state index in [0.29, 0.717) is 62.6 Å². The lowest BCUT2D eigenvalue weighted by molar-refractivity contribution is -0.148. The molecule has 0 bridgehead atoms. The first-order valence-corrected chi connectivity index (χ1v) is 10.5. The third-order valence-corrected chi connectivity index (χ3v) is 5.55.